The zero-order valence-corrected chi connectivity index (χ0v) is 22.5. The Morgan fingerprint density at radius 1 is 1.08 bits per heavy atom. The van der Waals surface area contributed by atoms with Gasteiger partial charge >= 0.3 is 0 Å². The summed E-state index contributed by atoms with van der Waals surface area (Å²) in [5.74, 6) is 1.74. The molecule has 0 radical (unpaired) electrons. The van der Waals surface area contributed by atoms with Crippen molar-refractivity contribution in [2.75, 3.05) is 25.5 Å². The number of anilines is 1. The first-order valence-corrected chi connectivity index (χ1v) is 13.3. The number of aryl methyl sites for hydroxylation is 1. The van der Waals surface area contributed by atoms with Gasteiger partial charge in [0.1, 0.15) is 17.2 Å². The van der Waals surface area contributed by atoms with Gasteiger partial charge in [-0.3, -0.25) is 9.78 Å². The molecule has 2 aromatic carbocycles. The topological polar surface area (TPSA) is 92.7 Å². The smallest absolute Gasteiger partial charge is 0.263 e. The Morgan fingerprint density at radius 3 is 2.65 bits per heavy atom. The van der Waals surface area contributed by atoms with Gasteiger partial charge in [0, 0.05) is 41.8 Å². The molecule has 0 spiro atoms. The van der Waals surface area contributed by atoms with Gasteiger partial charge in [-0.2, -0.15) is 0 Å². The summed E-state index contributed by atoms with van der Waals surface area (Å²) >= 11 is 0. The first-order chi connectivity index (χ1) is 17.7. The monoisotopic (exact) mass is 503 g/mol. The number of amides is 1. The lowest BCUT2D eigenvalue weighted by Crippen LogP contribution is -2.51. The van der Waals surface area contributed by atoms with Gasteiger partial charge in [-0.25, -0.2) is 0 Å². The molecule has 5 rings (SSSR count). The van der Waals surface area contributed by atoms with E-state index in [-0.39, 0.29) is 5.91 Å². The number of rotatable bonds is 6. The average molecular weight is 504 g/mol. The lowest BCUT2D eigenvalue weighted by molar-refractivity contribution is -0.136. The van der Waals surface area contributed by atoms with Crippen LogP contribution >= 0.6 is 0 Å². The predicted molar refractivity (Wildman–Crippen MR) is 146 cm³/mol. The van der Waals surface area contributed by atoms with E-state index < -0.39 is 5.60 Å². The van der Waals surface area contributed by atoms with Crippen molar-refractivity contribution in [3.8, 4) is 17.2 Å². The Hall–Kier alpha value is -3.48. The molecule has 0 saturated heterocycles. The molecule has 37 heavy (non-hydrogen) atoms. The maximum absolute atomic E-state index is 13.3. The Balaban J connectivity index is 1.30. The van der Waals surface area contributed by atoms with Crippen molar-refractivity contribution < 1.29 is 19.4 Å². The van der Waals surface area contributed by atoms with Crippen LogP contribution in [0.25, 0.3) is 10.9 Å². The molecular weight excluding hydrogens is 466 g/mol. The molecule has 1 aliphatic heterocycles. The summed E-state index contributed by atoms with van der Waals surface area (Å²) in [7, 11) is 1.68. The second kappa shape index (κ2) is 9.77. The fourth-order valence-electron chi connectivity index (χ4n) is 5.69. The third-order valence-corrected chi connectivity index (χ3v) is 8.18. The molecule has 0 bridgehead atoms. The number of nitrogens with one attached hydrogen (secondary N) is 2. The van der Waals surface area contributed by atoms with Gasteiger partial charge in [0.05, 0.1) is 12.6 Å². The number of benzene rings is 2. The molecule has 3 N–H and O–H groups in total. The molecular formula is C30H37N3O4. The van der Waals surface area contributed by atoms with Crippen LogP contribution in [0.2, 0.25) is 0 Å². The number of aromatic hydroxyl groups is 1. The zero-order valence-electron chi connectivity index (χ0n) is 22.5. The van der Waals surface area contributed by atoms with Crippen LogP contribution in [0.4, 0.5) is 5.69 Å². The highest BCUT2D eigenvalue weighted by Crippen LogP contribution is 2.43. The molecule has 7 heteroatoms. The maximum Gasteiger partial charge on any atom is 0.263 e. The summed E-state index contributed by atoms with van der Waals surface area (Å²) in [5, 5.41) is 18.2. The first-order valence-electron chi connectivity index (χ1n) is 13.3. The van der Waals surface area contributed by atoms with Crippen molar-refractivity contribution in [1.82, 2.24) is 10.3 Å². The van der Waals surface area contributed by atoms with Crippen molar-refractivity contribution in [3.63, 3.8) is 0 Å². The molecule has 1 aliphatic carbocycles. The number of methoxy groups -OCH3 is 1. The third-order valence-electron chi connectivity index (χ3n) is 8.18. The van der Waals surface area contributed by atoms with Gasteiger partial charge < -0.3 is 25.2 Å². The summed E-state index contributed by atoms with van der Waals surface area (Å²) < 4.78 is 11.8. The van der Waals surface area contributed by atoms with E-state index in [1.54, 1.807) is 7.11 Å². The van der Waals surface area contributed by atoms with Gasteiger partial charge in [-0.1, -0.05) is 0 Å². The summed E-state index contributed by atoms with van der Waals surface area (Å²) in [5.41, 5.74) is 7.09. The van der Waals surface area contributed by atoms with E-state index in [9.17, 15) is 9.90 Å². The predicted octanol–water partition coefficient (Wildman–Crippen LogP) is 5.07. The van der Waals surface area contributed by atoms with Crippen LogP contribution in [0.5, 0.6) is 17.2 Å². The summed E-state index contributed by atoms with van der Waals surface area (Å²) in [6.07, 6.45) is 5.57. The van der Waals surface area contributed by atoms with Gasteiger partial charge in [-0.15, -0.1) is 0 Å². The second-order valence-corrected chi connectivity index (χ2v) is 10.5. The number of ether oxygens (including phenoxy) is 2. The van der Waals surface area contributed by atoms with E-state index in [0.29, 0.717) is 31.7 Å². The summed E-state index contributed by atoms with van der Waals surface area (Å²) in [4.78, 5) is 18.2. The minimum absolute atomic E-state index is 0.119. The van der Waals surface area contributed by atoms with E-state index in [2.05, 4.69) is 10.6 Å². The second-order valence-electron chi connectivity index (χ2n) is 10.5. The maximum atomic E-state index is 13.3. The van der Waals surface area contributed by atoms with Crippen molar-refractivity contribution in [1.29, 1.82) is 0 Å². The molecule has 1 amide bonds. The minimum Gasteiger partial charge on any atom is -0.507 e. The normalized spacial score (nSPS) is 18.5. The molecule has 196 valence electrons. The highest BCUT2D eigenvalue weighted by molar-refractivity contribution is 5.94. The van der Waals surface area contributed by atoms with Crippen LogP contribution in [-0.2, 0) is 24.1 Å². The Bertz CT molecular complexity index is 1380. The van der Waals surface area contributed by atoms with Crippen LogP contribution in [0.15, 0.2) is 18.2 Å². The zero-order chi connectivity index (χ0) is 26.3. The number of phenolic OH excluding ortho intramolecular Hbond substituents is 1. The quantitative estimate of drug-likeness (QED) is 0.407. The fraction of sp³-hybridized carbons (Fsp3) is 0.467. The lowest BCUT2D eigenvalue weighted by Gasteiger charge is -2.36. The van der Waals surface area contributed by atoms with Crippen LogP contribution in [-0.4, -0.2) is 41.8 Å². The summed E-state index contributed by atoms with van der Waals surface area (Å²) in [6, 6.07) is 6.00. The van der Waals surface area contributed by atoms with Crippen LogP contribution in [0, 0.1) is 20.8 Å². The highest BCUT2D eigenvalue weighted by atomic mass is 16.5. The van der Waals surface area contributed by atoms with E-state index >= 15 is 0 Å². The Morgan fingerprint density at radius 2 is 1.86 bits per heavy atom. The van der Waals surface area contributed by atoms with Gasteiger partial charge in [-0.05, 0) is 100 Å². The lowest BCUT2D eigenvalue weighted by atomic mass is 9.86. The number of carbonyl (C=O) groups is 1. The Labute approximate surface area is 218 Å². The van der Waals surface area contributed by atoms with Crippen molar-refractivity contribution in [3.05, 3.63) is 51.7 Å². The van der Waals surface area contributed by atoms with Crippen LogP contribution < -0.4 is 20.1 Å². The SMILES string of the molecule is COc1ccc2nc3c(c(NCCNC(=O)C4(C)CCc5c(C)c(O)c(C)c(C)c5O4)c2c1)CCCC3. The largest absolute Gasteiger partial charge is 0.507 e. The molecule has 2 aliphatic rings. The number of phenols is 1. The third kappa shape index (κ3) is 4.45. The highest BCUT2D eigenvalue weighted by Gasteiger charge is 2.40. The molecule has 2 heterocycles. The van der Waals surface area contributed by atoms with E-state index in [4.69, 9.17) is 14.5 Å². The number of hydrogen-bond donors (Lipinski definition) is 3. The van der Waals surface area contributed by atoms with Crippen molar-refractivity contribution in [2.45, 2.75) is 71.8 Å². The van der Waals surface area contributed by atoms with E-state index in [1.807, 2.05) is 45.9 Å². The van der Waals surface area contributed by atoms with E-state index in [0.717, 1.165) is 76.0 Å². The van der Waals surface area contributed by atoms with Crippen LogP contribution in [0.3, 0.4) is 0 Å². The molecule has 0 saturated carbocycles. The van der Waals surface area contributed by atoms with Gasteiger partial charge in [0.25, 0.3) is 5.91 Å². The molecule has 3 aromatic rings. The number of aromatic nitrogens is 1. The Kier molecular flexibility index (Phi) is 6.65. The number of fused-ring (bicyclic) bond motifs is 3. The van der Waals surface area contributed by atoms with E-state index in [1.165, 1.54) is 11.3 Å². The number of pyridine rings is 1. The van der Waals surface area contributed by atoms with Crippen molar-refractivity contribution >= 4 is 22.5 Å². The average Bonchev–Trinajstić information content (AvgIpc) is 2.91. The standard InChI is InChI=1S/C30H37N3O4/c1-17-18(2)28-21(19(3)27(17)34)12-13-30(4,37-28)29(35)32-15-14-31-26-22-8-6-7-9-24(22)33-25-11-10-20(36-5)16-23(25)26/h10-11,16,34H,6-9,12-15H2,1-5H3,(H,31,33)(H,32,35). The number of hydrogen-bond acceptors (Lipinski definition) is 6. The van der Waals surface area contributed by atoms with Gasteiger partial charge in [0.15, 0.2) is 5.60 Å². The molecule has 1 atom stereocenters. The first kappa shape index (κ1) is 25.2. The molecule has 1 aromatic heterocycles. The molecule has 7 nitrogen and oxygen atoms in total. The van der Waals surface area contributed by atoms with Gasteiger partial charge in [0.2, 0.25) is 0 Å². The summed E-state index contributed by atoms with van der Waals surface area (Å²) in [6.45, 7) is 8.65. The molecule has 1 unspecified atom stereocenters. The number of nitrogens with zero attached hydrogens (tertiary/aromatic N) is 1. The van der Waals surface area contributed by atoms with Crippen LogP contribution in [0.1, 0.15) is 59.7 Å². The fourth-order valence-corrected chi connectivity index (χ4v) is 5.69. The van der Waals surface area contributed by atoms with Crippen molar-refractivity contribution in [2.24, 2.45) is 0 Å². The number of carbonyl (C=O) groups excluding carboxylic acids is 1. The molecule has 0 fully saturated rings. The minimum atomic E-state index is -0.955.